The number of hydrogen-bond acceptors (Lipinski definition) is 5. The maximum atomic E-state index is 11.2. The lowest BCUT2D eigenvalue weighted by atomic mass is 10.1. The molecule has 0 fully saturated rings. The van der Waals surface area contributed by atoms with Crippen LogP contribution < -0.4 is 4.90 Å². The Morgan fingerprint density at radius 1 is 1.20 bits per heavy atom. The number of aliphatic hydroxyl groups excluding tert-OH is 1. The smallest absolute Gasteiger partial charge is 0.358 e. The highest BCUT2D eigenvalue weighted by Crippen LogP contribution is 2.29. The van der Waals surface area contributed by atoms with Gasteiger partial charge in [0.25, 0.3) is 0 Å². The molecule has 0 bridgehead atoms. The Hall–Kier alpha value is -2.47. The van der Waals surface area contributed by atoms with Crippen LogP contribution in [0.4, 0.5) is 5.82 Å². The Morgan fingerprint density at radius 2 is 1.95 bits per heavy atom. The van der Waals surface area contributed by atoms with Gasteiger partial charge in [-0.15, -0.1) is 0 Å². The molecular weight excluding hydrogens is 258 g/mol. The average Bonchev–Trinajstić information content (AvgIpc) is 2.89. The van der Waals surface area contributed by atoms with E-state index in [-0.39, 0.29) is 12.3 Å². The summed E-state index contributed by atoms with van der Waals surface area (Å²) in [6, 6.07) is 5.76. The molecule has 1 aromatic heterocycles. The number of carboxylic acid groups (broad SMARTS) is 1. The molecule has 102 valence electrons. The zero-order chi connectivity index (χ0) is 14.1. The second-order valence-electron chi connectivity index (χ2n) is 4.65. The summed E-state index contributed by atoms with van der Waals surface area (Å²) >= 11 is 0. The Bertz CT molecular complexity index is 672. The molecule has 0 unspecified atom stereocenters. The molecule has 6 nitrogen and oxygen atoms in total. The molecule has 0 atom stereocenters. The van der Waals surface area contributed by atoms with Gasteiger partial charge in [-0.2, -0.15) is 0 Å². The first-order chi connectivity index (χ1) is 9.69. The van der Waals surface area contributed by atoms with E-state index in [4.69, 9.17) is 10.2 Å². The van der Waals surface area contributed by atoms with Crippen LogP contribution in [0, 0.1) is 0 Å². The Kier molecular flexibility index (Phi) is 3.08. The summed E-state index contributed by atoms with van der Waals surface area (Å²) in [5, 5.41) is 18.3. The number of anilines is 1. The molecule has 2 heterocycles. The SMILES string of the molecule is O=C(O)c1nccnc1N1Cc2ccc(CO)cc2C1. The number of aromatic nitrogens is 2. The Morgan fingerprint density at radius 3 is 2.70 bits per heavy atom. The molecule has 1 aliphatic rings. The van der Waals surface area contributed by atoms with Crippen molar-refractivity contribution in [2.24, 2.45) is 0 Å². The third-order valence-corrected chi connectivity index (χ3v) is 3.36. The van der Waals surface area contributed by atoms with Crippen LogP contribution in [-0.4, -0.2) is 26.2 Å². The molecule has 0 radical (unpaired) electrons. The van der Waals surface area contributed by atoms with Crippen molar-refractivity contribution >= 4 is 11.8 Å². The lowest BCUT2D eigenvalue weighted by Crippen LogP contribution is -2.20. The van der Waals surface area contributed by atoms with Crippen molar-refractivity contribution in [3.8, 4) is 0 Å². The standard InChI is InChI=1S/C14H13N3O3/c18-8-9-1-2-10-6-17(7-11(10)5-9)13-12(14(19)20)15-3-4-16-13/h1-5,18H,6-8H2,(H,19,20). The molecule has 6 heteroatoms. The van der Waals surface area contributed by atoms with Gasteiger partial charge in [0.15, 0.2) is 11.5 Å². The van der Waals surface area contributed by atoms with E-state index in [0.29, 0.717) is 18.9 Å². The number of carboxylic acids is 1. The predicted octanol–water partition coefficient (Wildman–Crippen LogP) is 1.19. The highest BCUT2D eigenvalue weighted by molar-refractivity contribution is 5.91. The number of aromatic carboxylic acids is 1. The fraction of sp³-hybridized carbons (Fsp3) is 0.214. The molecular formula is C14H13N3O3. The molecule has 1 aromatic carbocycles. The van der Waals surface area contributed by atoms with E-state index in [9.17, 15) is 4.79 Å². The topological polar surface area (TPSA) is 86.5 Å². The minimum atomic E-state index is -1.08. The van der Waals surface area contributed by atoms with Crippen molar-refractivity contribution in [2.75, 3.05) is 4.90 Å². The molecule has 1 aliphatic heterocycles. The van der Waals surface area contributed by atoms with E-state index < -0.39 is 5.97 Å². The van der Waals surface area contributed by atoms with Crippen molar-refractivity contribution in [3.63, 3.8) is 0 Å². The normalized spacial score (nSPS) is 13.3. The second-order valence-corrected chi connectivity index (χ2v) is 4.65. The van der Waals surface area contributed by atoms with Gasteiger partial charge >= 0.3 is 5.97 Å². The first-order valence-corrected chi connectivity index (χ1v) is 6.20. The van der Waals surface area contributed by atoms with Crippen molar-refractivity contribution in [1.29, 1.82) is 0 Å². The van der Waals surface area contributed by atoms with Crippen LogP contribution in [0.1, 0.15) is 27.2 Å². The zero-order valence-corrected chi connectivity index (χ0v) is 10.7. The molecule has 2 N–H and O–H groups in total. The molecule has 3 rings (SSSR count). The predicted molar refractivity (Wildman–Crippen MR) is 71.2 cm³/mol. The van der Waals surface area contributed by atoms with Crippen LogP contribution in [0.5, 0.6) is 0 Å². The summed E-state index contributed by atoms with van der Waals surface area (Å²) in [4.78, 5) is 21.1. The maximum Gasteiger partial charge on any atom is 0.358 e. The van der Waals surface area contributed by atoms with Gasteiger partial charge in [-0.05, 0) is 16.7 Å². The first kappa shape index (κ1) is 12.6. The van der Waals surface area contributed by atoms with Crippen molar-refractivity contribution < 1.29 is 15.0 Å². The number of carbonyl (C=O) groups is 1. The third kappa shape index (κ3) is 2.10. The van der Waals surface area contributed by atoms with Gasteiger partial charge < -0.3 is 15.1 Å². The molecule has 0 saturated heterocycles. The van der Waals surface area contributed by atoms with E-state index >= 15 is 0 Å². The Labute approximate surface area is 115 Å². The highest BCUT2D eigenvalue weighted by Gasteiger charge is 2.25. The lowest BCUT2D eigenvalue weighted by molar-refractivity contribution is 0.0690. The summed E-state index contributed by atoms with van der Waals surface area (Å²) in [5.41, 5.74) is 3.01. The van der Waals surface area contributed by atoms with Crippen molar-refractivity contribution in [2.45, 2.75) is 19.7 Å². The van der Waals surface area contributed by atoms with E-state index in [1.54, 1.807) is 0 Å². The van der Waals surface area contributed by atoms with E-state index in [1.807, 2.05) is 23.1 Å². The summed E-state index contributed by atoms with van der Waals surface area (Å²) in [6.07, 6.45) is 2.87. The fourth-order valence-electron chi connectivity index (χ4n) is 2.41. The largest absolute Gasteiger partial charge is 0.476 e. The quantitative estimate of drug-likeness (QED) is 0.872. The van der Waals surface area contributed by atoms with Crippen molar-refractivity contribution in [3.05, 3.63) is 53.0 Å². The van der Waals surface area contributed by atoms with Crippen LogP contribution in [-0.2, 0) is 19.7 Å². The van der Waals surface area contributed by atoms with Gasteiger partial charge in [0, 0.05) is 25.5 Å². The fourth-order valence-corrected chi connectivity index (χ4v) is 2.41. The summed E-state index contributed by atoms with van der Waals surface area (Å²) in [5.74, 6) is -0.707. The van der Waals surface area contributed by atoms with Gasteiger partial charge in [-0.1, -0.05) is 18.2 Å². The van der Waals surface area contributed by atoms with Crippen LogP contribution in [0.15, 0.2) is 30.6 Å². The van der Waals surface area contributed by atoms with E-state index in [1.165, 1.54) is 12.4 Å². The second kappa shape index (κ2) is 4.90. The molecule has 2 aromatic rings. The minimum Gasteiger partial charge on any atom is -0.476 e. The van der Waals surface area contributed by atoms with Gasteiger partial charge in [-0.25, -0.2) is 14.8 Å². The molecule has 0 aliphatic carbocycles. The first-order valence-electron chi connectivity index (χ1n) is 6.20. The van der Waals surface area contributed by atoms with Crippen LogP contribution in [0.2, 0.25) is 0 Å². The molecule has 0 spiro atoms. The van der Waals surface area contributed by atoms with Gasteiger partial charge in [-0.3, -0.25) is 0 Å². The molecule has 0 amide bonds. The molecule has 0 saturated carbocycles. The van der Waals surface area contributed by atoms with Crippen LogP contribution in [0.3, 0.4) is 0 Å². The van der Waals surface area contributed by atoms with Crippen molar-refractivity contribution in [1.82, 2.24) is 9.97 Å². The number of aliphatic hydroxyl groups is 1. The minimum absolute atomic E-state index is 0.00119. The van der Waals surface area contributed by atoms with E-state index in [2.05, 4.69) is 9.97 Å². The average molecular weight is 271 g/mol. The van der Waals surface area contributed by atoms with Gasteiger partial charge in [0.2, 0.25) is 0 Å². The zero-order valence-electron chi connectivity index (χ0n) is 10.7. The lowest BCUT2D eigenvalue weighted by Gasteiger charge is -2.17. The molecule has 20 heavy (non-hydrogen) atoms. The third-order valence-electron chi connectivity index (χ3n) is 3.36. The maximum absolute atomic E-state index is 11.2. The Balaban J connectivity index is 1.94. The highest BCUT2D eigenvalue weighted by atomic mass is 16.4. The number of nitrogens with zero attached hydrogens (tertiary/aromatic N) is 3. The summed E-state index contributed by atoms with van der Waals surface area (Å²) in [6.45, 7) is 1.17. The number of rotatable bonds is 3. The number of benzene rings is 1. The van der Waals surface area contributed by atoms with Crippen LogP contribution >= 0.6 is 0 Å². The van der Waals surface area contributed by atoms with Gasteiger partial charge in [0.05, 0.1) is 6.61 Å². The monoisotopic (exact) mass is 271 g/mol. The number of hydrogen-bond donors (Lipinski definition) is 2. The number of fused-ring (bicyclic) bond motifs is 1. The van der Waals surface area contributed by atoms with E-state index in [0.717, 1.165) is 16.7 Å². The van der Waals surface area contributed by atoms with Gasteiger partial charge in [0.1, 0.15) is 0 Å². The van der Waals surface area contributed by atoms with Crippen LogP contribution in [0.25, 0.3) is 0 Å². The summed E-state index contributed by atoms with van der Waals surface area (Å²) in [7, 11) is 0. The summed E-state index contributed by atoms with van der Waals surface area (Å²) < 4.78 is 0.